The van der Waals surface area contributed by atoms with Crippen LogP contribution < -0.4 is 20.6 Å². The van der Waals surface area contributed by atoms with Crippen LogP contribution in [0.15, 0.2) is 89.2 Å². The van der Waals surface area contributed by atoms with Crippen LogP contribution in [0.2, 0.25) is 0 Å². The summed E-state index contributed by atoms with van der Waals surface area (Å²) in [7, 11) is 1.40. The van der Waals surface area contributed by atoms with Crippen molar-refractivity contribution in [3.05, 3.63) is 95.3 Å². The van der Waals surface area contributed by atoms with Crippen molar-refractivity contribution in [2.75, 3.05) is 7.11 Å². The minimum absolute atomic E-state index is 0.0315. The number of hydrogen-bond donors (Lipinski definition) is 1. The maximum Gasteiger partial charge on any atom is 0.573 e. The van der Waals surface area contributed by atoms with Crippen LogP contribution in [0.5, 0.6) is 11.5 Å². The molecular formula is C25H19F5N6O3. The minimum Gasteiger partial charge on any atom is -0.494 e. The normalized spacial score (nSPS) is 12.3. The van der Waals surface area contributed by atoms with Crippen LogP contribution in [0.1, 0.15) is 12.2 Å². The first kappa shape index (κ1) is 27.0. The lowest BCUT2D eigenvalue weighted by molar-refractivity contribution is -0.274. The Morgan fingerprint density at radius 3 is 2.59 bits per heavy atom. The molecule has 2 aromatic heterocycles. The van der Waals surface area contributed by atoms with Gasteiger partial charge in [-0.05, 0) is 42.1 Å². The highest BCUT2D eigenvalue weighted by molar-refractivity contribution is 6.08. The van der Waals surface area contributed by atoms with Crippen molar-refractivity contribution in [3.8, 4) is 28.3 Å². The Morgan fingerprint density at radius 2 is 1.92 bits per heavy atom. The second kappa shape index (κ2) is 11.2. The lowest BCUT2D eigenvalue weighted by Gasteiger charge is -2.13. The van der Waals surface area contributed by atoms with E-state index in [-0.39, 0.29) is 17.1 Å². The summed E-state index contributed by atoms with van der Waals surface area (Å²) < 4.78 is 74.9. The molecule has 2 aromatic carbocycles. The lowest BCUT2D eigenvalue weighted by Crippen LogP contribution is -2.20. The molecule has 202 valence electrons. The molecule has 0 aliphatic carbocycles. The predicted molar refractivity (Wildman–Crippen MR) is 132 cm³/mol. The van der Waals surface area contributed by atoms with E-state index in [1.807, 2.05) is 0 Å². The lowest BCUT2D eigenvalue weighted by atomic mass is 10.1. The summed E-state index contributed by atoms with van der Waals surface area (Å²) in [6, 6.07) is 10.9. The average molecular weight is 546 g/mol. The highest BCUT2D eigenvalue weighted by Crippen LogP contribution is 2.30. The van der Waals surface area contributed by atoms with Crippen LogP contribution in [-0.2, 0) is 0 Å². The van der Waals surface area contributed by atoms with Gasteiger partial charge in [-0.3, -0.25) is 4.79 Å². The Morgan fingerprint density at radius 1 is 1.13 bits per heavy atom. The third-order valence-corrected chi connectivity index (χ3v) is 5.17. The molecule has 0 unspecified atom stereocenters. The first-order chi connectivity index (χ1) is 18.6. The fraction of sp³-hybridized carbons (Fsp3) is 0.120. The van der Waals surface area contributed by atoms with Crippen molar-refractivity contribution < 1.29 is 31.4 Å². The molecule has 0 atom stereocenters. The summed E-state index contributed by atoms with van der Waals surface area (Å²) >= 11 is 0. The number of benzene rings is 2. The van der Waals surface area contributed by atoms with E-state index >= 15 is 0 Å². The second-order valence-electron chi connectivity index (χ2n) is 7.75. The molecule has 4 aromatic rings. The Balaban J connectivity index is 1.74. The summed E-state index contributed by atoms with van der Waals surface area (Å²) in [5.41, 5.74) is 6.19. The number of nitrogens with two attached hydrogens (primary N) is 1. The molecule has 0 spiro atoms. The van der Waals surface area contributed by atoms with Crippen molar-refractivity contribution in [1.82, 2.24) is 19.6 Å². The minimum atomic E-state index is -4.89. The van der Waals surface area contributed by atoms with Gasteiger partial charge in [0.25, 0.3) is 0 Å². The van der Waals surface area contributed by atoms with Crippen LogP contribution in [0.3, 0.4) is 0 Å². The zero-order valence-corrected chi connectivity index (χ0v) is 20.0. The topological polar surface area (TPSA) is 110 Å². The number of allylic oxidation sites excluding steroid dienone is 1. The fourth-order valence-electron chi connectivity index (χ4n) is 3.51. The Hall–Kier alpha value is -5.01. The van der Waals surface area contributed by atoms with Gasteiger partial charge >= 0.3 is 12.9 Å². The maximum atomic E-state index is 12.9. The molecule has 2 heterocycles. The molecular weight excluding hydrogens is 527 g/mol. The number of alkyl halides is 5. The number of methoxy groups -OCH3 is 1. The van der Waals surface area contributed by atoms with Crippen molar-refractivity contribution in [2.45, 2.75) is 12.9 Å². The van der Waals surface area contributed by atoms with Crippen LogP contribution in [0, 0.1) is 0 Å². The molecule has 0 fully saturated rings. The third-order valence-electron chi connectivity index (χ3n) is 5.17. The summed E-state index contributed by atoms with van der Waals surface area (Å²) in [5.74, 6) is -0.202. The number of rotatable bonds is 8. The van der Waals surface area contributed by atoms with E-state index in [0.29, 0.717) is 27.2 Å². The van der Waals surface area contributed by atoms with Gasteiger partial charge in [-0.15, -0.1) is 13.2 Å². The fourth-order valence-corrected chi connectivity index (χ4v) is 3.51. The van der Waals surface area contributed by atoms with Gasteiger partial charge in [0, 0.05) is 30.1 Å². The highest BCUT2D eigenvalue weighted by Gasteiger charge is 2.31. The van der Waals surface area contributed by atoms with Crippen LogP contribution in [0.25, 0.3) is 16.8 Å². The van der Waals surface area contributed by atoms with Crippen molar-refractivity contribution in [1.29, 1.82) is 0 Å². The molecule has 0 bridgehead atoms. The molecule has 0 saturated heterocycles. The smallest absolute Gasteiger partial charge is 0.494 e. The SMILES string of the molecule is COc1cc(-c2cnn(C(F)F)c2)ccc1-n1ccc(=O)c(C(C=CN)=Nc2cccc(OC(F)(F)F)c2)n1. The standard InChI is InChI=1S/C25H19F5N6O3/c1-38-22-11-15(16-13-32-36(14-16)24(26)27)5-6-20(22)35-10-8-21(37)23(34-35)19(7-9-31)33-17-3-2-4-18(12-17)39-25(28,29)30/h2-14,24H,31H2,1H3. The number of halogens is 5. The number of nitrogens with zero attached hydrogens (tertiary/aromatic N) is 5. The third kappa shape index (κ3) is 6.47. The van der Waals surface area contributed by atoms with Crippen LogP contribution in [-0.4, -0.2) is 38.7 Å². The van der Waals surface area contributed by atoms with Gasteiger partial charge in [-0.2, -0.15) is 19.0 Å². The summed E-state index contributed by atoms with van der Waals surface area (Å²) in [4.78, 5) is 17.0. The molecule has 14 heteroatoms. The molecule has 0 saturated carbocycles. The van der Waals surface area contributed by atoms with Gasteiger partial charge in [0.1, 0.15) is 17.2 Å². The zero-order valence-electron chi connectivity index (χ0n) is 20.0. The summed E-state index contributed by atoms with van der Waals surface area (Å²) in [6.07, 6.45) is 1.32. The first-order valence-electron chi connectivity index (χ1n) is 11.0. The number of aliphatic imine (C=N–C) groups is 1. The van der Waals surface area contributed by atoms with Crippen LogP contribution in [0.4, 0.5) is 27.6 Å². The highest BCUT2D eigenvalue weighted by atomic mass is 19.4. The Kier molecular flexibility index (Phi) is 7.74. The Labute approximate surface area is 217 Å². The van der Waals surface area contributed by atoms with Gasteiger partial charge < -0.3 is 15.2 Å². The van der Waals surface area contributed by atoms with E-state index in [2.05, 4.69) is 19.9 Å². The Bertz CT molecular complexity index is 1590. The van der Waals surface area contributed by atoms with Gasteiger partial charge in [-0.1, -0.05) is 12.1 Å². The monoisotopic (exact) mass is 546 g/mol. The largest absolute Gasteiger partial charge is 0.573 e. The second-order valence-corrected chi connectivity index (χ2v) is 7.75. The quantitative estimate of drug-likeness (QED) is 0.246. The zero-order chi connectivity index (χ0) is 28.2. The number of ether oxygens (including phenoxy) is 2. The molecule has 0 amide bonds. The van der Waals surface area contributed by atoms with E-state index in [4.69, 9.17) is 10.5 Å². The molecule has 0 radical (unpaired) electrons. The van der Waals surface area contributed by atoms with E-state index in [0.717, 1.165) is 18.3 Å². The summed E-state index contributed by atoms with van der Waals surface area (Å²) in [6.45, 7) is -2.79. The molecule has 9 nitrogen and oxygen atoms in total. The summed E-state index contributed by atoms with van der Waals surface area (Å²) in [5, 5.41) is 7.96. The molecule has 0 aliphatic heterocycles. The predicted octanol–water partition coefficient (Wildman–Crippen LogP) is 4.99. The van der Waals surface area contributed by atoms with Gasteiger partial charge in [-0.25, -0.2) is 14.4 Å². The molecule has 0 aliphatic rings. The maximum absolute atomic E-state index is 12.9. The molecule has 39 heavy (non-hydrogen) atoms. The first-order valence-corrected chi connectivity index (χ1v) is 11.0. The van der Waals surface area contributed by atoms with Crippen molar-refractivity contribution in [3.63, 3.8) is 0 Å². The average Bonchev–Trinajstić information content (AvgIpc) is 3.39. The number of aromatic nitrogens is 4. The molecule has 4 rings (SSSR count). The van der Waals surface area contributed by atoms with Gasteiger partial charge in [0.2, 0.25) is 5.43 Å². The molecule has 2 N–H and O–H groups in total. The van der Waals surface area contributed by atoms with E-state index in [1.54, 1.807) is 18.2 Å². The van der Waals surface area contributed by atoms with Gasteiger partial charge in [0.05, 0.1) is 24.7 Å². The van der Waals surface area contributed by atoms with E-state index < -0.39 is 24.1 Å². The van der Waals surface area contributed by atoms with Crippen molar-refractivity contribution in [2.24, 2.45) is 10.7 Å². The van der Waals surface area contributed by atoms with Gasteiger partial charge in [0.15, 0.2) is 5.69 Å². The van der Waals surface area contributed by atoms with Crippen LogP contribution >= 0.6 is 0 Å². The number of hydrogen-bond acceptors (Lipinski definition) is 7. The van der Waals surface area contributed by atoms with E-state index in [9.17, 15) is 26.7 Å². The van der Waals surface area contributed by atoms with Crippen molar-refractivity contribution >= 4 is 11.4 Å². The van der Waals surface area contributed by atoms with E-state index in [1.165, 1.54) is 54.7 Å².